The summed E-state index contributed by atoms with van der Waals surface area (Å²) in [5, 5.41) is 15.5. The Kier molecular flexibility index (Phi) is 8.51. The lowest BCUT2D eigenvalue weighted by atomic mass is 9.81. The SMILES string of the molecule is COc1cc(C(=O)NCC(O)(c2cc3c(c(-c4ccc(F)cc4)n2)OC[C@]3(C)C(=O)NCC(F)(F)F)C(F)(F)F)cc2cccnc12. The fraction of sp³-hybridized carbons (Fsp3) is 0.290. The molecule has 47 heavy (non-hydrogen) atoms. The third-order valence-electron chi connectivity index (χ3n) is 7.69. The van der Waals surface area contributed by atoms with Crippen molar-refractivity contribution >= 4 is 22.7 Å². The van der Waals surface area contributed by atoms with Gasteiger partial charge in [0.1, 0.15) is 47.1 Å². The average molecular weight is 667 g/mol. The molecule has 2 aromatic heterocycles. The molecule has 0 radical (unpaired) electrons. The fourth-order valence-electron chi connectivity index (χ4n) is 5.05. The minimum Gasteiger partial charge on any atom is -0.494 e. The molecular formula is C31H25F7N4O5. The van der Waals surface area contributed by atoms with Crippen LogP contribution in [0.3, 0.4) is 0 Å². The molecule has 0 aliphatic carbocycles. The second-order valence-corrected chi connectivity index (χ2v) is 11.0. The Morgan fingerprint density at radius 3 is 2.36 bits per heavy atom. The lowest BCUT2D eigenvalue weighted by Gasteiger charge is -2.31. The molecule has 4 aromatic rings. The predicted octanol–water partition coefficient (Wildman–Crippen LogP) is 4.95. The minimum absolute atomic E-state index is 0.00915. The van der Waals surface area contributed by atoms with Crippen LogP contribution in [0.2, 0.25) is 0 Å². The first-order valence-electron chi connectivity index (χ1n) is 13.8. The van der Waals surface area contributed by atoms with E-state index >= 15 is 0 Å². The van der Waals surface area contributed by atoms with Crippen LogP contribution in [0.4, 0.5) is 30.7 Å². The van der Waals surface area contributed by atoms with Crippen LogP contribution in [-0.2, 0) is 15.8 Å². The van der Waals surface area contributed by atoms with Gasteiger partial charge >= 0.3 is 12.4 Å². The third-order valence-corrected chi connectivity index (χ3v) is 7.69. The van der Waals surface area contributed by atoms with Crippen LogP contribution in [0, 0.1) is 5.82 Å². The van der Waals surface area contributed by atoms with E-state index in [1.54, 1.807) is 17.4 Å². The number of amides is 2. The van der Waals surface area contributed by atoms with E-state index in [9.17, 15) is 45.4 Å². The number of pyridine rings is 2. The maximum Gasteiger partial charge on any atom is 0.424 e. The highest BCUT2D eigenvalue weighted by molar-refractivity contribution is 6.00. The number of hydrogen-bond donors (Lipinski definition) is 3. The van der Waals surface area contributed by atoms with E-state index in [1.165, 1.54) is 25.4 Å². The van der Waals surface area contributed by atoms with Gasteiger partial charge in [-0.2, -0.15) is 26.3 Å². The number of halogens is 7. The third kappa shape index (κ3) is 6.37. The van der Waals surface area contributed by atoms with Crippen molar-refractivity contribution in [3.63, 3.8) is 0 Å². The smallest absolute Gasteiger partial charge is 0.424 e. The van der Waals surface area contributed by atoms with Gasteiger partial charge in [-0.25, -0.2) is 9.37 Å². The van der Waals surface area contributed by atoms with Crippen molar-refractivity contribution in [3.05, 3.63) is 83.4 Å². The fourth-order valence-corrected chi connectivity index (χ4v) is 5.05. The average Bonchev–Trinajstić information content (AvgIpc) is 3.38. The summed E-state index contributed by atoms with van der Waals surface area (Å²) in [5.74, 6) is -3.05. The molecule has 2 atom stereocenters. The number of rotatable bonds is 8. The quantitative estimate of drug-likeness (QED) is 0.228. The van der Waals surface area contributed by atoms with Gasteiger partial charge in [-0.15, -0.1) is 0 Å². The topological polar surface area (TPSA) is 123 Å². The Labute approximate surface area is 261 Å². The van der Waals surface area contributed by atoms with Crippen LogP contribution in [0.5, 0.6) is 11.5 Å². The molecule has 3 heterocycles. The summed E-state index contributed by atoms with van der Waals surface area (Å²) >= 11 is 0. The number of ether oxygens (including phenoxy) is 2. The maximum absolute atomic E-state index is 14.8. The number of methoxy groups -OCH3 is 1. The number of benzene rings is 2. The highest BCUT2D eigenvalue weighted by Gasteiger charge is 2.58. The molecule has 9 nitrogen and oxygen atoms in total. The van der Waals surface area contributed by atoms with Crippen LogP contribution in [0.15, 0.2) is 60.8 Å². The molecule has 5 rings (SSSR count). The van der Waals surface area contributed by atoms with Gasteiger partial charge in [0.15, 0.2) is 0 Å². The molecule has 0 fully saturated rings. The Morgan fingerprint density at radius 1 is 1.02 bits per heavy atom. The highest BCUT2D eigenvalue weighted by atomic mass is 19.4. The van der Waals surface area contributed by atoms with E-state index in [4.69, 9.17) is 9.47 Å². The lowest BCUT2D eigenvalue weighted by molar-refractivity contribution is -0.265. The van der Waals surface area contributed by atoms with Crippen LogP contribution < -0.4 is 20.1 Å². The number of fused-ring (bicyclic) bond motifs is 2. The van der Waals surface area contributed by atoms with Crippen molar-refractivity contribution in [2.75, 3.05) is 26.8 Å². The summed E-state index contributed by atoms with van der Waals surface area (Å²) in [6, 6.07) is 10.7. The number of aromatic nitrogens is 2. The molecule has 1 aliphatic rings. The van der Waals surface area contributed by atoms with Gasteiger partial charge in [0, 0.05) is 28.3 Å². The van der Waals surface area contributed by atoms with Crippen molar-refractivity contribution in [2.45, 2.75) is 30.3 Å². The number of aliphatic hydroxyl groups is 1. The van der Waals surface area contributed by atoms with E-state index < -0.39 is 66.4 Å². The second-order valence-electron chi connectivity index (χ2n) is 11.0. The van der Waals surface area contributed by atoms with Crippen LogP contribution in [0.25, 0.3) is 22.2 Å². The van der Waals surface area contributed by atoms with Gasteiger partial charge in [-0.3, -0.25) is 14.6 Å². The highest BCUT2D eigenvalue weighted by Crippen LogP contribution is 2.48. The number of nitrogens with one attached hydrogen (secondary N) is 2. The van der Waals surface area contributed by atoms with E-state index in [2.05, 4.69) is 15.3 Å². The first-order valence-corrected chi connectivity index (χ1v) is 13.8. The van der Waals surface area contributed by atoms with Crippen LogP contribution in [0.1, 0.15) is 28.5 Å². The summed E-state index contributed by atoms with van der Waals surface area (Å²) in [6.45, 7) is -2.65. The van der Waals surface area contributed by atoms with Gasteiger partial charge in [0.25, 0.3) is 5.91 Å². The van der Waals surface area contributed by atoms with E-state index in [1.807, 2.05) is 0 Å². The summed E-state index contributed by atoms with van der Waals surface area (Å²) in [4.78, 5) is 34.3. The lowest BCUT2D eigenvalue weighted by Crippen LogP contribution is -2.52. The van der Waals surface area contributed by atoms with E-state index in [-0.39, 0.29) is 33.9 Å². The molecule has 2 amide bonds. The molecule has 16 heteroatoms. The molecule has 1 unspecified atom stereocenters. The monoisotopic (exact) mass is 666 g/mol. The summed E-state index contributed by atoms with van der Waals surface area (Å²) < 4.78 is 108. The predicted molar refractivity (Wildman–Crippen MR) is 152 cm³/mol. The van der Waals surface area contributed by atoms with Gasteiger partial charge in [0.05, 0.1) is 19.3 Å². The van der Waals surface area contributed by atoms with Crippen molar-refractivity contribution < 1.29 is 54.9 Å². The minimum atomic E-state index is -5.50. The van der Waals surface area contributed by atoms with Crippen molar-refractivity contribution in [2.24, 2.45) is 0 Å². The van der Waals surface area contributed by atoms with Crippen molar-refractivity contribution in [3.8, 4) is 22.8 Å². The Hall–Kier alpha value is -4.99. The first kappa shape index (κ1) is 33.4. The molecule has 248 valence electrons. The molecule has 0 saturated carbocycles. The maximum atomic E-state index is 14.8. The molecule has 3 N–H and O–H groups in total. The van der Waals surface area contributed by atoms with Crippen LogP contribution >= 0.6 is 0 Å². The number of hydrogen-bond acceptors (Lipinski definition) is 7. The van der Waals surface area contributed by atoms with Crippen molar-refractivity contribution in [1.29, 1.82) is 0 Å². The molecule has 2 aromatic carbocycles. The molecule has 0 bridgehead atoms. The largest absolute Gasteiger partial charge is 0.494 e. The summed E-state index contributed by atoms with van der Waals surface area (Å²) in [5.41, 5.74) is -7.38. The molecule has 0 saturated heterocycles. The van der Waals surface area contributed by atoms with Gasteiger partial charge < -0.3 is 25.2 Å². The number of carbonyl (C=O) groups is 2. The zero-order valence-corrected chi connectivity index (χ0v) is 24.5. The Balaban J connectivity index is 1.59. The van der Waals surface area contributed by atoms with Gasteiger partial charge in [-0.1, -0.05) is 6.07 Å². The van der Waals surface area contributed by atoms with E-state index in [0.29, 0.717) is 17.0 Å². The zero-order chi connectivity index (χ0) is 34.4. The molecular weight excluding hydrogens is 641 g/mol. The Morgan fingerprint density at radius 2 is 1.72 bits per heavy atom. The first-order chi connectivity index (χ1) is 22.0. The zero-order valence-electron chi connectivity index (χ0n) is 24.5. The Bertz CT molecular complexity index is 1850. The number of alkyl halides is 6. The van der Waals surface area contributed by atoms with Crippen molar-refractivity contribution in [1.82, 2.24) is 20.6 Å². The number of carbonyl (C=O) groups excluding carboxylic acids is 2. The second kappa shape index (κ2) is 12.0. The van der Waals surface area contributed by atoms with E-state index in [0.717, 1.165) is 31.2 Å². The standard InChI is InChI=1S/C31H25F7N4O5/c1-28(27(44)41-14-30(33,34)35)15-47-25-20(28)12-22(42-24(25)16-5-7-19(32)8-6-16)29(45,31(36,37)38)13-40-26(43)18-10-17-4-3-9-39-23(17)21(11-18)46-2/h3-12,45H,13-15H2,1-2H3,(H,40,43)(H,41,44)/t28-,29?/m0/s1. The summed E-state index contributed by atoms with van der Waals surface area (Å²) in [7, 11) is 1.31. The van der Waals surface area contributed by atoms with Crippen LogP contribution in [-0.4, -0.2) is 66.0 Å². The summed E-state index contributed by atoms with van der Waals surface area (Å²) in [6.07, 6.45) is -8.81. The normalized spacial score (nSPS) is 17.4. The molecule has 1 aliphatic heterocycles. The molecule has 0 spiro atoms. The number of nitrogens with zero attached hydrogens (tertiary/aromatic N) is 2. The van der Waals surface area contributed by atoms with Gasteiger partial charge in [0.2, 0.25) is 11.5 Å². The van der Waals surface area contributed by atoms with Gasteiger partial charge in [-0.05, 0) is 55.5 Å².